The zero-order valence-electron chi connectivity index (χ0n) is 11.0. The largest absolute Gasteiger partial charge is 0.354 e. The summed E-state index contributed by atoms with van der Waals surface area (Å²) >= 11 is 0. The van der Waals surface area contributed by atoms with Crippen molar-refractivity contribution < 1.29 is 13.2 Å². The van der Waals surface area contributed by atoms with Gasteiger partial charge in [0.25, 0.3) is 0 Å². The number of rotatable bonds is 4. The molecule has 0 radical (unpaired) electrons. The van der Waals surface area contributed by atoms with Gasteiger partial charge in [-0.3, -0.25) is 4.79 Å². The van der Waals surface area contributed by atoms with Crippen LogP contribution >= 0.6 is 12.4 Å². The maximum Gasteiger partial charge on any atom is 0.224 e. The first kappa shape index (κ1) is 16.9. The Morgan fingerprint density at radius 2 is 2.00 bits per heavy atom. The Bertz CT molecular complexity index is 548. The number of carbonyl (C=O) groups excluding carboxylic acids is 1. The second kappa shape index (κ2) is 7.06. The second-order valence-corrected chi connectivity index (χ2v) is 7.09. The molecule has 7 heteroatoms. The van der Waals surface area contributed by atoms with E-state index in [4.69, 9.17) is 5.73 Å². The third kappa shape index (κ3) is 4.47. The Hall–Kier alpha value is -1.11. The van der Waals surface area contributed by atoms with Crippen molar-refractivity contribution in [2.75, 3.05) is 18.1 Å². The van der Waals surface area contributed by atoms with E-state index in [9.17, 15) is 13.2 Å². The number of carbonyl (C=O) groups is 1. The number of benzene rings is 1. The second-order valence-electron chi connectivity index (χ2n) is 4.86. The van der Waals surface area contributed by atoms with Gasteiger partial charge in [0.15, 0.2) is 9.84 Å². The van der Waals surface area contributed by atoms with Gasteiger partial charge in [-0.2, -0.15) is 0 Å². The number of amides is 1. The molecule has 2 unspecified atom stereocenters. The van der Waals surface area contributed by atoms with Gasteiger partial charge in [-0.1, -0.05) is 30.3 Å². The first-order valence-corrected chi connectivity index (χ1v) is 8.09. The molecule has 2 atom stereocenters. The van der Waals surface area contributed by atoms with Gasteiger partial charge in [-0.05, 0) is 12.0 Å². The van der Waals surface area contributed by atoms with Gasteiger partial charge < -0.3 is 11.1 Å². The van der Waals surface area contributed by atoms with Crippen molar-refractivity contribution in [1.29, 1.82) is 0 Å². The molecule has 1 aliphatic heterocycles. The molecule has 0 saturated carbocycles. The predicted molar refractivity (Wildman–Crippen MR) is 80.4 cm³/mol. The molecule has 1 aromatic rings. The molecule has 2 rings (SSSR count). The maximum absolute atomic E-state index is 11.8. The molecule has 1 aliphatic rings. The van der Waals surface area contributed by atoms with E-state index < -0.39 is 15.8 Å². The van der Waals surface area contributed by atoms with Crippen molar-refractivity contribution in [2.45, 2.75) is 12.5 Å². The van der Waals surface area contributed by atoms with Crippen LogP contribution in [0.4, 0.5) is 0 Å². The molecule has 1 heterocycles. The van der Waals surface area contributed by atoms with Crippen LogP contribution in [0.5, 0.6) is 0 Å². The van der Waals surface area contributed by atoms with E-state index in [1.54, 1.807) is 0 Å². The lowest BCUT2D eigenvalue weighted by atomic mass is 10.1. The molecule has 20 heavy (non-hydrogen) atoms. The smallest absolute Gasteiger partial charge is 0.224 e. The Morgan fingerprint density at radius 1 is 1.35 bits per heavy atom. The van der Waals surface area contributed by atoms with E-state index in [1.165, 1.54) is 0 Å². The van der Waals surface area contributed by atoms with E-state index in [2.05, 4.69) is 5.32 Å². The summed E-state index contributed by atoms with van der Waals surface area (Å²) in [5.41, 5.74) is 6.91. The van der Waals surface area contributed by atoms with Crippen LogP contribution in [0.1, 0.15) is 18.0 Å². The third-order valence-electron chi connectivity index (χ3n) is 3.33. The first-order valence-electron chi connectivity index (χ1n) is 6.26. The zero-order valence-corrected chi connectivity index (χ0v) is 12.6. The van der Waals surface area contributed by atoms with E-state index in [0.717, 1.165) is 5.56 Å². The normalized spacial score (nSPS) is 21.8. The molecule has 0 bridgehead atoms. The third-order valence-corrected chi connectivity index (χ3v) is 5.10. The standard InChI is InChI=1S/C13H18N2O3S.ClH/c14-12(10-4-2-1-3-5-10)8-15-13(16)11-6-7-19(17,18)9-11;/h1-5,11-12H,6-9,14H2,(H,15,16);1H. The molecule has 112 valence electrons. The Morgan fingerprint density at radius 3 is 2.55 bits per heavy atom. The minimum absolute atomic E-state index is 0. The molecule has 0 aromatic heterocycles. The fourth-order valence-electron chi connectivity index (χ4n) is 2.17. The van der Waals surface area contributed by atoms with Gasteiger partial charge in [0.2, 0.25) is 5.91 Å². The van der Waals surface area contributed by atoms with Crippen molar-refractivity contribution in [2.24, 2.45) is 11.7 Å². The highest BCUT2D eigenvalue weighted by Gasteiger charge is 2.32. The van der Waals surface area contributed by atoms with Gasteiger partial charge in [-0.15, -0.1) is 12.4 Å². The predicted octanol–water partition coefficient (Wildman–Crippen LogP) is 0.659. The fourth-order valence-corrected chi connectivity index (χ4v) is 3.92. The van der Waals surface area contributed by atoms with Crippen molar-refractivity contribution in [1.82, 2.24) is 5.32 Å². The molecule has 3 N–H and O–H groups in total. The number of nitrogens with two attached hydrogens (primary N) is 1. The first-order chi connectivity index (χ1) is 8.98. The molecule has 1 amide bonds. The van der Waals surface area contributed by atoms with E-state index in [-0.39, 0.29) is 35.9 Å². The van der Waals surface area contributed by atoms with Crippen molar-refractivity contribution in [3.05, 3.63) is 35.9 Å². The Kier molecular flexibility index (Phi) is 5.98. The fraction of sp³-hybridized carbons (Fsp3) is 0.462. The van der Waals surface area contributed by atoms with Crippen LogP contribution in [0.15, 0.2) is 30.3 Å². The van der Waals surface area contributed by atoms with Crippen LogP contribution < -0.4 is 11.1 Å². The monoisotopic (exact) mass is 318 g/mol. The van der Waals surface area contributed by atoms with E-state index in [1.807, 2.05) is 30.3 Å². The number of hydrogen-bond acceptors (Lipinski definition) is 4. The highest BCUT2D eigenvalue weighted by Crippen LogP contribution is 2.18. The number of nitrogens with one attached hydrogen (secondary N) is 1. The van der Waals surface area contributed by atoms with Gasteiger partial charge >= 0.3 is 0 Å². The lowest BCUT2D eigenvalue weighted by Gasteiger charge is -2.15. The van der Waals surface area contributed by atoms with Crippen molar-refractivity contribution in [3.63, 3.8) is 0 Å². The Labute approximate surface area is 125 Å². The molecule has 0 aliphatic carbocycles. The molecule has 5 nitrogen and oxygen atoms in total. The zero-order chi connectivity index (χ0) is 13.9. The lowest BCUT2D eigenvalue weighted by molar-refractivity contribution is -0.124. The highest BCUT2D eigenvalue weighted by molar-refractivity contribution is 7.91. The van der Waals surface area contributed by atoms with Crippen LogP contribution in [0.25, 0.3) is 0 Å². The lowest BCUT2D eigenvalue weighted by Crippen LogP contribution is -2.36. The summed E-state index contributed by atoms with van der Waals surface area (Å²) in [4.78, 5) is 11.8. The Balaban J connectivity index is 0.00000200. The van der Waals surface area contributed by atoms with E-state index in [0.29, 0.717) is 13.0 Å². The number of halogens is 1. The van der Waals surface area contributed by atoms with Crippen molar-refractivity contribution in [3.8, 4) is 0 Å². The molecular weight excluding hydrogens is 300 g/mol. The molecule has 0 spiro atoms. The maximum atomic E-state index is 11.8. The van der Waals surface area contributed by atoms with Crippen LogP contribution in [0.2, 0.25) is 0 Å². The summed E-state index contributed by atoms with van der Waals surface area (Å²) in [5.74, 6) is -0.574. The molecular formula is C13H19ClN2O3S. The van der Waals surface area contributed by atoms with Gasteiger partial charge in [0, 0.05) is 12.6 Å². The average Bonchev–Trinajstić information content (AvgIpc) is 2.77. The quantitative estimate of drug-likeness (QED) is 0.853. The topological polar surface area (TPSA) is 89.3 Å². The summed E-state index contributed by atoms with van der Waals surface area (Å²) < 4.78 is 22.6. The highest BCUT2D eigenvalue weighted by atomic mass is 35.5. The van der Waals surface area contributed by atoms with E-state index >= 15 is 0 Å². The minimum atomic E-state index is -3.02. The number of hydrogen-bond donors (Lipinski definition) is 2. The minimum Gasteiger partial charge on any atom is -0.354 e. The number of sulfone groups is 1. The van der Waals surface area contributed by atoms with Gasteiger partial charge in [0.1, 0.15) is 0 Å². The SMILES string of the molecule is Cl.NC(CNC(=O)C1CCS(=O)(=O)C1)c1ccccc1. The summed E-state index contributed by atoms with van der Waals surface area (Å²) in [6.45, 7) is 0.319. The van der Waals surface area contributed by atoms with Crippen LogP contribution in [-0.4, -0.2) is 32.4 Å². The van der Waals surface area contributed by atoms with Crippen LogP contribution in [0.3, 0.4) is 0 Å². The van der Waals surface area contributed by atoms with Crippen LogP contribution in [0, 0.1) is 5.92 Å². The summed E-state index contributed by atoms with van der Waals surface area (Å²) in [5, 5.41) is 2.73. The van der Waals surface area contributed by atoms with Crippen molar-refractivity contribution >= 4 is 28.2 Å². The molecule has 1 aromatic carbocycles. The summed E-state index contributed by atoms with van der Waals surface area (Å²) in [7, 11) is -3.02. The molecule has 1 saturated heterocycles. The van der Waals surface area contributed by atoms with Gasteiger partial charge in [0.05, 0.1) is 17.4 Å². The molecule has 1 fully saturated rings. The van der Waals surface area contributed by atoms with Crippen LogP contribution in [-0.2, 0) is 14.6 Å². The summed E-state index contributed by atoms with van der Waals surface area (Å²) in [6.07, 6.45) is 0.411. The summed E-state index contributed by atoms with van der Waals surface area (Å²) in [6, 6.07) is 9.20. The van der Waals surface area contributed by atoms with Gasteiger partial charge in [-0.25, -0.2) is 8.42 Å². The average molecular weight is 319 g/mol.